The maximum absolute atomic E-state index is 2.45. The monoisotopic (exact) mass is 236 g/mol. The highest BCUT2D eigenvalue weighted by atomic mass is 32.1. The van der Waals surface area contributed by atoms with Crippen LogP contribution in [0.15, 0.2) is 11.4 Å². The smallest absolute Gasteiger partial charge is 0.0482 e. The summed E-state index contributed by atoms with van der Waals surface area (Å²) >= 11 is 3.96. The number of hydrogen-bond donors (Lipinski definition) is 0. The number of fused-ring (bicyclic) bond motifs is 1. The van der Waals surface area contributed by atoms with Crippen LogP contribution in [0.4, 0.5) is 0 Å². The molecule has 1 aliphatic rings. The van der Waals surface area contributed by atoms with Gasteiger partial charge in [-0.15, -0.1) is 22.7 Å². The molecule has 15 heavy (non-hydrogen) atoms. The molecule has 0 unspecified atom stereocenters. The highest BCUT2D eigenvalue weighted by Gasteiger charge is 2.18. The topological polar surface area (TPSA) is 0 Å². The van der Waals surface area contributed by atoms with Crippen molar-refractivity contribution in [3.05, 3.63) is 21.9 Å². The summed E-state index contributed by atoms with van der Waals surface area (Å²) in [5.74, 6) is 0.878. The second-order valence-electron chi connectivity index (χ2n) is 4.60. The van der Waals surface area contributed by atoms with Gasteiger partial charge in [0.2, 0.25) is 0 Å². The molecule has 0 aromatic carbocycles. The molecule has 1 aliphatic carbocycles. The third-order valence-electron chi connectivity index (χ3n) is 3.45. The van der Waals surface area contributed by atoms with Crippen molar-refractivity contribution in [1.29, 1.82) is 0 Å². The molecule has 80 valence electrons. The first-order valence-electron chi connectivity index (χ1n) is 5.82. The van der Waals surface area contributed by atoms with Gasteiger partial charge in [0.05, 0.1) is 0 Å². The molecule has 0 saturated heterocycles. The number of hydrogen-bond acceptors (Lipinski definition) is 2. The average Bonchev–Trinajstić information content (AvgIpc) is 2.83. The third kappa shape index (κ3) is 1.74. The Bertz CT molecular complexity index is 458. The van der Waals surface area contributed by atoms with Gasteiger partial charge in [-0.1, -0.05) is 19.3 Å². The minimum atomic E-state index is 0.878. The van der Waals surface area contributed by atoms with E-state index in [0.717, 1.165) is 5.92 Å². The Balaban J connectivity index is 1.96. The highest BCUT2D eigenvalue weighted by molar-refractivity contribution is 7.27. The molecular weight excluding hydrogens is 220 g/mol. The summed E-state index contributed by atoms with van der Waals surface area (Å²) in [6, 6.07) is 2.45. The van der Waals surface area contributed by atoms with Crippen molar-refractivity contribution in [2.24, 2.45) is 0 Å². The summed E-state index contributed by atoms with van der Waals surface area (Å²) in [6.07, 6.45) is 7.18. The van der Waals surface area contributed by atoms with Gasteiger partial charge in [0.1, 0.15) is 0 Å². The molecule has 0 spiro atoms. The van der Waals surface area contributed by atoms with Gasteiger partial charge < -0.3 is 0 Å². The molecule has 0 aliphatic heterocycles. The Kier molecular flexibility index (Phi) is 2.57. The van der Waals surface area contributed by atoms with Crippen molar-refractivity contribution in [3.63, 3.8) is 0 Å². The lowest BCUT2D eigenvalue weighted by Gasteiger charge is -2.19. The Morgan fingerprint density at radius 3 is 2.73 bits per heavy atom. The standard InChI is InChI=1S/C13H16S2/c1-9-8-14-12-7-11(15-13(9)12)10-5-3-2-4-6-10/h7-8,10H,2-6H2,1H3. The zero-order valence-corrected chi connectivity index (χ0v) is 10.7. The van der Waals surface area contributed by atoms with E-state index in [1.54, 1.807) is 9.58 Å². The minimum absolute atomic E-state index is 0.878. The van der Waals surface area contributed by atoms with Crippen LogP contribution < -0.4 is 0 Å². The summed E-state index contributed by atoms with van der Waals surface area (Å²) in [5, 5.41) is 2.28. The SMILES string of the molecule is Cc1csc2cc(C3CCCCC3)sc12. The molecule has 2 heterocycles. The number of aryl methyl sites for hydroxylation is 1. The molecule has 1 fully saturated rings. The first kappa shape index (κ1) is 9.86. The Hall–Kier alpha value is -0.340. The molecule has 2 heteroatoms. The lowest BCUT2D eigenvalue weighted by molar-refractivity contribution is 0.448. The lowest BCUT2D eigenvalue weighted by Crippen LogP contribution is -2.02. The molecule has 2 aromatic rings. The van der Waals surface area contributed by atoms with E-state index in [2.05, 4.69) is 18.4 Å². The molecule has 0 radical (unpaired) electrons. The van der Waals surface area contributed by atoms with E-state index < -0.39 is 0 Å². The van der Waals surface area contributed by atoms with Crippen molar-refractivity contribution in [2.75, 3.05) is 0 Å². The molecule has 0 bridgehead atoms. The molecule has 2 aromatic heterocycles. The van der Waals surface area contributed by atoms with Crippen LogP contribution in [0.3, 0.4) is 0 Å². The summed E-state index contributed by atoms with van der Waals surface area (Å²) in [6.45, 7) is 2.24. The van der Waals surface area contributed by atoms with Crippen LogP contribution in [0.1, 0.15) is 48.5 Å². The van der Waals surface area contributed by atoms with E-state index in [1.165, 1.54) is 42.4 Å². The molecule has 3 rings (SSSR count). The zero-order valence-electron chi connectivity index (χ0n) is 9.08. The normalized spacial score (nSPS) is 18.7. The van der Waals surface area contributed by atoms with Crippen LogP contribution in [-0.2, 0) is 0 Å². The van der Waals surface area contributed by atoms with Crippen molar-refractivity contribution in [2.45, 2.75) is 44.9 Å². The average molecular weight is 236 g/mol. The molecule has 1 saturated carbocycles. The largest absolute Gasteiger partial charge is 0.143 e. The summed E-state index contributed by atoms with van der Waals surface area (Å²) < 4.78 is 3.05. The van der Waals surface area contributed by atoms with Gasteiger partial charge in [0.15, 0.2) is 0 Å². The first-order chi connectivity index (χ1) is 7.34. The Labute approximate surface area is 98.9 Å². The predicted octanol–water partition coefficient (Wildman–Crippen LogP) is 5.32. The van der Waals surface area contributed by atoms with Crippen LogP contribution in [0.25, 0.3) is 9.40 Å². The van der Waals surface area contributed by atoms with E-state index in [0.29, 0.717) is 0 Å². The summed E-state index contributed by atoms with van der Waals surface area (Å²) in [7, 11) is 0. The van der Waals surface area contributed by atoms with Crippen molar-refractivity contribution in [3.8, 4) is 0 Å². The quantitative estimate of drug-likeness (QED) is 0.628. The van der Waals surface area contributed by atoms with E-state index in [4.69, 9.17) is 0 Å². The van der Waals surface area contributed by atoms with Crippen molar-refractivity contribution < 1.29 is 0 Å². The molecule has 0 N–H and O–H groups in total. The minimum Gasteiger partial charge on any atom is -0.143 e. The van der Waals surface area contributed by atoms with Gasteiger partial charge in [0.25, 0.3) is 0 Å². The fourth-order valence-corrected chi connectivity index (χ4v) is 5.05. The summed E-state index contributed by atoms with van der Waals surface area (Å²) in [4.78, 5) is 1.65. The maximum Gasteiger partial charge on any atom is 0.0482 e. The van der Waals surface area contributed by atoms with E-state index in [1.807, 2.05) is 22.7 Å². The molecule has 0 atom stereocenters. The second-order valence-corrected chi connectivity index (χ2v) is 6.59. The molecule has 0 amide bonds. The fourth-order valence-electron chi connectivity index (χ4n) is 2.55. The van der Waals surface area contributed by atoms with Crippen molar-refractivity contribution >= 4 is 32.1 Å². The molecular formula is C13H16S2. The first-order valence-corrected chi connectivity index (χ1v) is 7.52. The van der Waals surface area contributed by atoms with Crippen LogP contribution in [-0.4, -0.2) is 0 Å². The second kappa shape index (κ2) is 3.91. The van der Waals surface area contributed by atoms with Gasteiger partial charge >= 0.3 is 0 Å². The van der Waals surface area contributed by atoms with Crippen LogP contribution in [0, 0.1) is 6.92 Å². The van der Waals surface area contributed by atoms with E-state index in [9.17, 15) is 0 Å². The zero-order chi connectivity index (χ0) is 10.3. The maximum atomic E-state index is 2.45. The van der Waals surface area contributed by atoms with Gasteiger partial charge in [-0.2, -0.15) is 0 Å². The van der Waals surface area contributed by atoms with Gasteiger partial charge in [0, 0.05) is 14.3 Å². The van der Waals surface area contributed by atoms with Crippen molar-refractivity contribution in [1.82, 2.24) is 0 Å². The number of thiophene rings is 2. The Morgan fingerprint density at radius 2 is 2.00 bits per heavy atom. The van der Waals surface area contributed by atoms with Crippen LogP contribution >= 0.6 is 22.7 Å². The van der Waals surface area contributed by atoms with E-state index >= 15 is 0 Å². The van der Waals surface area contributed by atoms with E-state index in [-0.39, 0.29) is 0 Å². The predicted molar refractivity (Wildman–Crippen MR) is 70.3 cm³/mol. The van der Waals surface area contributed by atoms with Gasteiger partial charge in [-0.3, -0.25) is 0 Å². The Morgan fingerprint density at radius 1 is 1.20 bits per heavy atom. The molecule has 0 nitrogen and oxygen atoms in total. The number of rotatable bonds is 1. The van der Waals surface area contributed by atoms with Crippen LogP contribution in [0.5, 0.6) is 0 Å². The van der Waals surface area contributed by atoms with Gasteiger partial charge in [-0.25, -0.2) is 0 Å². The van der Waals surface area contributed by atoms with Gasteiger partial charge in [-0.05, 0) is 42.7 Å². The fraction of sp³-hybridized carbons (Fsp3) is 0.538. The third-order valence-corrected chi connectivity index (χ3v) is 6.05. The highest BCUT2D eigenvalue weighted by Crippen LogP contribution is 2.41. The summed E-state index contributed by atoms with van der Waals surface area (Å²) in [5.41, 5.74) is 1.47. The lowest BCUT2D eigenvalue weighted by atomic mass is 9.88. The van der Waals surface area contributed by atoms with Crippen LogP contribution in [0.2, 0.25) is 0 Å².